The molecule has 1 saturated heterocycles. The molecule has 100 valence electrons. The van der Waals surface area contributed by atoms with E-state index in [1.54, 1.807) is 13.0 Å². The van der Waals surface area contributed by atoms with Gasteiger partial charge in [0.05, 0.1) is 12.1 Å². The predicted molar refractivity (Wildman–Crippen MR) is 68.8 cm³/mol. The quantitative estimate of drug-likeness (QED) is 0.486. The topological polar surface area (TPSA) is 71.5 Å². The largest absolute Gasteiger partial charge is 0.464 e. The Balaban J connectivity index is 2.13. The normalized spacial score (nSPS) is 19.1. The Morgan fingerprint density at radius 3 is 2.89 bits per heavy atom. The van der Waals surface area contributed by atoms with Crippen LogP contribution in [-0.2, 0) is 6.54 Å². The van der Waals surface area contributed by atoms with Crippen molar-refractivity contribution in [3.63, 3.8) is 0 Å². The van der Waals surface area contributed by atoms with Gasteiger partial charge in [-0.3, -0.25) is 15.1 Å². The first-order valence-corrected chi connectivity index (χ1v) is 6.29. The van der Waals surface area contributed by atoms with Gasteiger partial charge in [0.25, 0.3) is 5.91 Å². The second kappa shape index (κ2) is 4.74. The summed E-state index contributed by atoms with van der Waals surface area (Å²) in [6, 6.07) is 1.78. The zero-order valence-electron chi connectivity index (χ0n) is 11.2. The van der Waals surface area contributed by atoms with Crippen LogP contribution in [0.1, 0.15) is 48.6 Å². The molecule has 0 spiro atoms. The van der Waals surface area contributed by atoms with Gasteiger partial charge < -0.3 is 4.42 Å². The number of hydrogen-bond donors (Lipinski definition) is 2. The lowest BCUT2D eigenvalue weighted by molar-refractivity contribution is 0.0952. The van der Waals surface area contributed by atoms with Crippen molar-refractivity contribution in [3.05, 3.63) is 23.2 Å². The number of hydrogen-bond acceptors (Lipinski definition) is 4. The third kappa shape index (κ3) is 2.42. The molecule has 3 N–H and O–H groups in total. The van der Waals surface area contributed by atoms with E-state index in [0.29, 0.717) is 11.3 Å². The minimum absolute atomic E-state index is 0.205. The number of carbonyl (C=O) groups excluding carboxylic acids is 1. The number of aryl methyl sites for hydroxylation is 1. The van der Waals surface area contributed by atoms with E-state index in [0.717, 1.165) is 18.8 Å². The van der Waals surface area contributed by atoms with Gasteiger partial charge in [-0.1, -0.05) is 0 Å². The molecule has 5 heteroatoms. The molecule has 18 heavy (non-hydrogen) atoms. The van der Waals surface area contributed by atoms with Gasteiger partial charge in [0.2, 0.25) is 0 Å². The summed E-state index contributed by atoms with van der Waals surface area (Å²) < 4.78 is 5.63. The van der Waals surface area contributed by atoms with Crippen LogP contribution in [-0.4, -0.2) is 22.9 Å². The molecule has 5 nitrogen and oxygen atoms in total. The Morgan fingerprint density at radius 1 is 1.61 bits per heavy atom. The molecule has 0 aromatic carbocycles. The van der Waals surface area contributed by atoms with Crippen molar-refractivity contribution in [3.8, 4) is 0 Å². The van der Waals surface area contributed by atoms with Gasteiger partial charge >= 0.3 is 0 Å². The summed E-state index contributed by atoms with van der Waals surface area (Å²) in [6.07, 6.45) is 2.41. The molecule has 0 unspecified atom stereocenters. The predicted octanol–water partition coefficient (Wildman–Crippen LogP) is 1.57. The fraction of sp³-hybridized carbons (Fsp3) is 0.615. The molecule has 1 amide bonds. The average Bonchev–Trinajstić information content (AvgIpc) is 2.82. The molecular weight excluding hydrogens is 230 g/mol. The maximum absolute atomic E-state index is 11.5. The number of nitrogens with one attached hydrogen (secondary N) is 1. The first-order valence-electron chi connectivity index (χ1n) is 6.29. The van der Waals surface area contributed by atoms with Gasteiger partial charge in [-0.2, -0.15) is 0 Å². The number of amides is 1. The van der Waals surface area contributed by atoms with Crippen molar-refractivity contribution in [2.45, 2.75) is 45.7 Å². The number of nitrogens with zero attached hydrogens (tertiary/aromatic N) is 1. The summed E-state index contributed by atoms with van der Waals surface area (Å²) in [7, 11) is 0. The fourth-order valence-corrected chi connectivity index (χ4v) is 2.57. The minimum Gasteiger partial charge on any atom is -0.464 e. The highest BCUT2D eigenvalue weighted by Gasteiger charge is 2.32. The van der Waals surface area contributed by atoms with Crippen LogP contribution in [0.2, 0.25) is 0 Å². The molecule has 0 aliphatic carbocycles. The summed E-state index contributed by atoms with van der Waals surface area (Å²) in [6.45, 7) is 8.08. The Labute approximate surface area is 107 Å². The van der Waals surface area contributed by atoms with Crippen molar-refractivity contribution < 1.29 is 9.21 Å². The molecule has 0 bridgehead atoms. The van der Waals surface area contributed by atoms with Crippen molar-refractivity contribution in [2.24, 2.45) is 5.84 Å². The highest BCUT2D eigenvalue weighted by Crippen LogP contribution is 2.30. The molecule has 1 aromatic heterocycles. The van der Waals surface area contributed by atoms with Gasteiger partial charge in [-0.15, -0.1) is 0 Å². The van der Waals surface area contributed by atoms with E-state index < -0.39 is 0 Å². The number of likely N-dealkylation sites (tertiary alicyclic amines) is 1. The van der Waals surface area contributed by atoms with E-state index >= 15 is 0 Å². The van der Waals surface area contributed by atoms with Crippen LogP contribution < -0.4 is 11.3 Å². The van der Waals surface area contributed by atoms with E-state index in [1.165, 1.54) is 12.8 Å². The maximum atomic E-state index is 11.5. The van der Waals surface area contributed by atoms with Crippen molar-refractivity contribution in [1.29, 1.82) is 0 Å². The zero-order chi connectivity index (χ0) is 13.3. The molecule has 0 atom stereocenters. The third-order valence-corrected chi connectivity index (χ3v) is 3.76. The molecule has 1 aliphatic heterocycles. The van der Waals surface area contributed by atoms with Crippen molar-refractivity contribution in [1.82, 2.24) is 10.3 Å². The first kappa shape index (κ1) is 13.1. The van der Waals surface area contributed by atoms with Crippen molar-refractivity contribution in [2.75, 3.05) is 6.54 Å². The summed E-state index contributed by atoms with van der Waals surface area (Å²) in [5, 5.41) is 0. The Hall–Kier alpha value is -1.33. The Kier molecular flexibility index (Phi) is 3.45. The molecule has 2 heterocycles. The lowest BCUT2D eigenvalue weighted by Crippen LogP contribution is -2.37. The number of nitrogens with two attached hydrogens (primary N) is 1. The summed E-state index contributed by atoms with van der Waals surface area (Å²) in [4.78, 5) is 13.9. The molecule has 0 saturated carbocycles. The summed E-state index contributed by atoms with van der Waals surface area (Å²) in [5.74, 6) is 6.27. The lowest BCUT2D eigenvalue weighted by Gasteiger charge is -2.30. The van der Waals surface area contributed by atoms with Gasteiger partial charge in [0, 0.05) is 5.54 Å². The molecule has 1 aliphatic rings. The van der Waals surface area contributed by atoms with E-state index in [1.807, 2.05) is 0 Å². The van der Waals surface area contributed by atoms with Crippen LogP contribution in [0.3, 0.4) is 0 Å². The molecular formula is C13H21N3O2. The SMILES string of the molecule is Cc1oc(CN2CCCC2(C)C)cc1C(=O)NN. The number of furan rings is 1. The molecule has 0 radical (unpaired) electrons. The van der Waals surface area contributed by atoms with Crippen LogP contribution >= 0.6 is 0 Å². The summed E-state index contributed by atoms with van der Waals surface area (Å²) in [5.41, 5.74) is 2.86. The highest BCUT2D eigenvalue weighted by atomic mass is 16.3. The van der Waals surface area contributed by atoms with Gasteiger partial charge in [-0.05, 0) is 46.2 Å². The smallest absolute Gasteiger partial charge is 0.268 e. The van der Waals surface area contributed by atoms with Gasteiger partial charge in [-0.25, -0.2) is 5.84 Å². The van der Waals surface area contributed by atoms with Crippen molar-refractivity contribution >= 4 is 5.91 Å². The van der Waals surface area contributed by atoms with Crippen LogP contribution in [0, 0.1) is 6.92 Å². The number of nitrogen functional groups attached to an aromatic ring is 1. The second-order valence-electron chi connectivity index (χ2n) is 5.49. The van der Waals surface area contributed by atoms with Gasteiger partial charge in [0.1, 0.15) is 11.5 Å². The molecule has 1 fully saturated rings. The van der Waals surface area contributed by atoms with E-state index in [-0.39, 0.29) is 11.4 Å². The zero-order valence-corrected chi connectivity index (χ0v) is 11.2. The number of rotatable bonds is 3. The van der Waals surface area contributed by atoms with Crippen LogP contribution in [0.4, 0.5) is 0 Å². The molecule has 2 rings (SSSR count). The second-order valence-corrected chi connectivity index (χ2v) is 5.49. The Bertz CT molecular complexity index is 451. The van der Waals surface area contributed by atoms with E-state index in [2.05, 4.69) is 24.2 Å². The lowest BCUT2D eigenvalue weighted by atomic mass is 10.0. The monoisotopic (exact) mass is 251 g/mol. The first-order chi connectivity index (χ1) is 8.44. The standard InChI is InChI=1S/C13H21N3O2/c1-9-11(12(17)15-14)7-10(18-9)8-16-6-4-5-13(16,2)3/h7H,4-6,8,14H2,1-3H3,(H,15,17). The van der Waals surface area contributed by atoms with Crippen LogP contribution in [0.5, 0.6) is 0 Å². The van der Waals surface area contributed by atoms with E-state index in [9.17, 15) is 4.79 Å². The van der Waals surface area contributed by atoms with E-state index in [4.69, 9.17) is 10.3 Å². The van der Waals surface area contributed by atoms with Gasteiger partial charge in [0.15, 0.2) is 0 Å². The third-order valence-electron chi connectivity index (χ3n) is 3.76. The molecule has 1 aromatic rings. The fourth-order valence-electron chi connectivity index (χ4n) is 2.57. The van der Waals surface area contributed by atoms with Crippen LogP contribution in [0.25, 0.3) is 0 Å². The number of hydrazine groups is 1. The average molecular weight is 251 g/mol. The van der Waals surface area contributed by atoms with Crippen LogP contribution in [0.15, 0.2) is 10.5 Å². The number of carbonyl (C=O) groups is 1. The summed E-state index contributed by atoms with van der Waals surface area (Å²) >= 11 is 0. The Morgan fingerprint density at radius 2 is 2.33 bits per heavy atom. The maximum Gasteiger partial charge on any atom is 0.268 e. The highest BCUT2D eigenvalue weighted by molar-refractivity contribution is 5.94. The minimum atomic E-state index is -0.303.